The molecule has 0 spiro atoms. The quantitative estimate of drug-likeness (QED) is 0.186. The van der Waals surface area contributed by atoms with Crippen LogP contribution in [0.1, 0.15) is 0 Å². The van der Waals surface area contributed by atoms with Gasteiger partial charge in [0.1, 0.15) is 0 Å². The van der Waals surface area contributed by atoms with Crippen LogP contribution in [0, 0.1) is 18.2 Å². The zero-order valence-electron chi connectivity index (χ0n) is 14.4. The van der Waals surface area contributed by atoms with Crippen molar-refractivity contribution in [3.63, 3.8) is 0 Å². The molecule has 0 heterocycles. The molecule has 0 radical (unpaired) electrons. The Morgan fingerprint density at radius 1 is 0.538 bits per heavy atom. The molecule has 0 aliphatic carbocycles. The zero-order valence-corrected chi connectivity index (χ0v) is 25.8. The van der Waals surface area contributed by atoms with E-state index in [1.54, 1.807) is 0 Å². The van der Waals surface area contributed by atoms with E-state index in [-0.39, 0.29) is 58.4 Å². The molecule has 0 atom stereocenters. The Kier molecular flexibility index (Phi) is 33.3. The van der Waals surface area contributed by atoms with Gasteiger partial charge in [0.25, 0.3) is 0 Å². The van der Waals surface area contributed by atoms with Crippen molar-refractivity contribution in [3.8, 4) is 0 Å². The first-order valence-electron chi connectivity index (χ1n) is 6.46. The normalized spacial score (nSPS) is 7.81. The summed E-state index contributed by atoms with van der Waals surface area (Å²) >= 11 is 7.28. The van der Waals surface area contributed by atoms with Gasteiger partial charge < -0.3 is 27.7 Å². The van der Waals surface area contributed by atoms with Crippen molar-refractivity contribution in [3.05, 3.63) is 109 Å². The number of hydrogen-bond acceptors (Lipinski definition) is 4. The van der Waals surface area contributed by atoms with Crippen molar-refractivity contribution in [2.45, 2.75) is 0 Å². The average molecular weight is 555 g/mol. The summed E-state index contributed by atoms with van der Waals surface area (Å²) in [5.74, 6) is 0. The molecule has 0 fully saturated rings. The van der Waals surface area contributed by atoms with Gasteiger partial charge in [-0.05, 0) is 0 Å². The van der Waals surface area contributed by atoms with Gasteiger partial charge in [0.15, 0.2) is 0 Å². The van der Waals surface area contributed by atoms with E-state index in [0.29, 0.717) is 0 Å². The molecule has 8 heteroatoms. The molecular weight excluding hydrogens is 539 g/mol. The fourth-order valence-electron chi connectivity index (χ4n) is 1.03. The molecule has 2 nitrogen and oxygen atoms in total. The van der Waals surface area contributed by atoms with Crippen LogP contribution in [0.3, 0.4) is 0 Å². The second-order valence-electron chi connectivity index (χ2n) is 3.68. The van der Waals surface area contributed by atoms with Crippen LogP contribution in [-0.2, 0) is 82.5 Å². The Balaban J connectivity index is -0.000000120. The van der Waals surface area contributed by atoms with Gasteiger partial charge in [0.05, 0.1) is 0 Å². The van der Waals surface area contributed by atoms with E-state index in [4.69, 9.17) is 0 Å². The van der Waals surface area contributed by atoms with Gasteiger partial charge in [-0.25, -0.2) is 0 Å². The van der Waals surface area contributed by atoms with Crippen molar-refractivity contribution in [1.29, 1.82) is 0 Å². The van der Waals surface area contributed by atoms with Gasteiger partial charge in [-0.15, -0.1) is 0 Å². The smallest absolute Gasteiger partial charge is 0.850 e. The third-order valence-electron chi connectivity index (χ3n) is 1.82. The molecule has 0 unspecified atom stereocenters. The van der Waals surface area contributed by atoms with E-state index >= 15 is 0 Å². The minimum absolute atomic E-state index is 0. The first kappa shape index (κ1) is 34.0. The third kappa shape index (κ3) is 39.5. The fraction of sp³-hybridized carbons (Fsp3) is 0. The largest absolute Gasteiger partial charge is 2.00 e. The summed E-state index contributed by atoms with van der Waals surface area (Å²) in [6.07, 6.45) is 0. The summed E-state index contributed by atoms with van der Waals surface area (Å²) in [4.78, 5) is 18.6. The Morgan fingerprint density at radius 2 is 0.692 bits per heavy atom. The maximum Gasteiger partial charge on any atom is 2.00 e. The third-order valence-corrected chi connectivity index (χ3v) is 1.82. The van der Waals surface area contributed by atoms with Crippen molar-refractivity contribution in [2.24, 2.45) is 0 Å². The van der Waals surface area contributed by atoms with E-state index in [1.165, 1.54) is 0 Å². The molecule has 3 rings (SSSR count). The van der Waals surface area contributed by atoms with Crippen LogP contribution in [-0.4, -0.2) is 0 Å². The first-order chi connectivity index (χ1) is 11.0. The topological polar surface area (TPSA) is 46.1 Å². The second kappa shape index (κ2) is 25.5. The van der Waals surface area contributed by atoms with E-state index in [2.05, 4.69) is 42.3 Å². The SMILES string of the molecule is [O-]P([O-])(=S)[S-].[Zn+2].[Zn+2].[Zn+2].[c-]1ccccc1.[c-]1ccccc1.[c-]1ccccc1. The molecular formula is C18H15O2PS2Zn3. The summed E-state index contributed by atoms with van der Waals surface area (Å²) < 4.78 is 0. The molecule has 0 N–H and O–H groups in total. The number of benzene rings is 3. The molecule has 0 aromatic heterocycles. The molecule has 0 aliphatic heterocycles. The molecule has 0 amide bonds. The summed E-state index contributed by atoms with van der Waals surface area (Å²) in [6.45, 7) is 0. The fourth-order valence-corrected chi connectivity index (χ4v) is 1.03. The van der Waals surface area contributed by atoms with Crippen molar-refractivity contribution < 1.29 is 68.2 Å². The minimum Gasteiger partial charge on any atom is -0.850 e. The van der Waals surface area contributed by atoms with Crippen LogP contribution < -0.4 is 9.79 Å². The summed E-state index contributed by atoms with van der Waals surface area (Å²) in [6, 6.07) is 37.5. The molecule has 0 saturated heterocycles. The summed E-state index contributed by atoms with van der Waals surface area (Å²) in [7, 11) is 0. The number of rotatable bonds is 0. The van der Waals surface area contributed by atoms with Gasteiger partial charge in [0, 0.05) is 0 Å². The van der Waals surface area contributed by atoms with Crippen molar-refractivity contribution >= 4 is 29.7 Å². The van der Waals surface area contributed by atoms with Gasteiger partial charge in [-0.1, -0.05) is 0 Å². The standard InChI is InChI=1S/3C6H5.H3O2PS2.3Zn/c3*1-2-4-6-5-3-1;1-3(2,4)5;;;/h3*1-5H;(H3,1,2,4,5);;;/q3*-1;;3*+2/p-3. The van der Waals surface area contributed by atoms with E-state index < -0.39 is 5.69 Å². The molecule has 0 bridgehead atoms. The van der Waals surface area contributed by atoms with E-state index in [0.717, 1.165) is 0 Å². The van der Waals surface area contributed by atoms with Crippen LogP contribution >= 0.6 is 5.69 Å². The summed E-state index contributed by atoms with van der Waals surface area (Å²) in [5, 5.41) is 0. The van der Waals surface area contributed by atoms with E-state index in [1.807, 2.05) is 91.0 Å². The summed E-state index contributed by atoms with van der Waals surface area (Å²) in [5.41, 5.74) is -3.72. The van der Waals surface area contributed by atoms with Crippen LogP contribution in [0.5, 0.6) is 0 Å². The van der Waals surface area contributed by atoms with E-state index in [9.17, 15) is 9.79 Å². The maximum atomic E-state index is 9.29. The Morgan fingerprint density at radius 3 is 0.731 bits per heavy atom. The Labute approximate surface area is 205 Å². The molecule has 3 aromatic rings. The molecule has 26 heavy (non-hydrogen) atoms. The predicted molar refractivity (Wildman–Crippen MR) is 97.5 cm³/mol. The van der Waals surface area contributed by atoms with Crippen molar-refractivity contribution in [2.75, 3.05) is 0 Å². The molecule has 0 saturated carbocycles. The predicted octanol–water partition coefficient (Wildman–Crippen LogP) is 2.93. The average Bonchev–Trinajstić information content (AvgIpc) is 2.59. The molecule has 122 valence electrons. The maximum absolute atomic E-state index is 9.29. The van der Waals surface area contributed by atoms with Crippen LogP contribution in [0.4, 0.5) is 0 Å². The van der Waals surface area contributed by atoms with Gasteiger partial charge in [-0.2, -0.15) is 121 Å². The van der Waals surface area contributed by atoms with Crippen LogP contribution in [0.25, 0.3) is 0 Å². The molecule has 0 aliphatic rings. The van der Waals surface area contributed by atoms with Crippen LogP contribution in [0.15, 0.2) is 91.0 Å². The zero-order chi connectivity index (χ0) is 17.2. The minimum atomic E-state index is -3.72. The van der Waals surface area contributed by atoms with Crippen molar-refractivity contribution in [1.82, 2.24) is 0 Å². The monoisotopic (exact) mass is 550 g/mol. The van der Waals surface area contributed by atoms with Gasteiger partial charge in [0.2, 0.25) is 0 Å². The van der Waals surface area contributed by atoms with Gasteiger partial charge >= 0.3 is 58.4 Å². The number of hydrogen-bond donors (Lipinski definition) is 0. The first-order valence-corrected chi connectivity index (χ1v) is 10.1. The van der Waals surface area contributed by atoms with Gasteiger partial charge in [-0.3, -0.25) is 0 Å². The molecule has 3 aromatic carbocycles. The second-order valence-corrected chi connectivity index (χ2v) is 8.15. The Bertz CT molecular complexity index is 452. The Hall–Kier alpha value is 0.450. The van der Waals surface area contributed by atoms with Crippen LogP contribution in [0.2, 0.25) is 0 Å².